The minimum atomic E-state index is -0.0786. The highest BCUT2D eigenvalue weighted by atomic mass is 16.2. The van der Waals surface area contributed by atoms with Crippen LogP contribution in [0.4, 0.5) is 11.8 Å². The van der Waals surface area contributed by atoms with Gasteiger partial charge >= 0.3 is 0 Å². The number of piperazine rings is 1. The zero-order valence-electron chi connectivity index (χ0n) is 16.1. The van der Waals surface area contributed by atoms with Crippen LogP contribution in [-0.4, -0.2) is 63.5 Å². The molecular weight excluding hydrogens is 354 g/mol. The van der Waals surface area contributed by atoms with Gasteiger partial charge in [0, 0.05) is 44.5 Å². The van der Waals surface area contributed by atoms with E-state index in [2.05, 4.69) is 30.2 Å². The van der Waals surface area contributed by atoms with E-state index in [1.807, 2.05) is 49.1 Å². The molecule has 8 nitrogen and oxygen atoms in total. The fourth-order valence-electron chi connectivity index (χ4n) is 3.31. The van der Waals surface area contributed by atoms with Gasteiger partial charge in [-0.05, 0) is 26.0 Å². The number of aryl methyl sites for hydroxylation is 1. The molecule has 0 bridgehead atoms. The van der Waals surface area contributed by atoms with Crippen molar-refractivity contribution < 1.29 is 4.79 Å². The summed E-state index contributed by atoms with van der Waals surface area (Å²) in [5, 5.41) is 3.16. The number of carbonyl (C=O) groups excluding carboxylic acids is 1. The van der Waals surface area contributed by atoms with Gasteiger partial charge in [-0.15, -0.1) is 0 Å². The number of para-hydroxylation sites is 2. The lowest BCUT2D eigenvalue weighted by molar-refractivity contribution is 0.0740. The van der Waals surface area contributed by atoms with Crippen LogP contribution in [0.5, 0.6) is 0 Å². The van der Waals surface area contributed by atoms with Crippen molar-refractivity contribution >= 4 is 28.7 Å². The van der Waals surface area contributed by atoms with Crippen molar-refractivity contribution in [3.05, 3.63) is 47.9 Å². The quantitative estimate of drug-likeness (QED) is 0.745. The number of fused-ring (bicyclic) bond motifs is 1. The van der Waals surface area contributed by atoms with Gasteiger partial charge in [-0.1, -0.05) is 12.1 Å². The molecule has 144 valence electrons. The predicted octanol–water partition coefficient (Wildman–Crippen LogP) is 2.12. The van der Waals surface area contributed by atoms with Crippen LogP contribution in [-0.2, 0) is 0 Å². The Morgan fingerprint density at radius 3 is 2.57 bits per heavy atom. The van der Waals surface area contributed by atoms with Crippen molar-refractivity contribution in [2.24, 2.45) is 0 Å². The van der Waals surface area contributed by atoms with E-state index in [-0.39, 0.29) is 5.91 Å². The first-order valence-corrected chi connectivity index (χ1v) is 9.49. The molecule has 2 aromatic heterocycles. The highest BCUT2D eigenvalue weighted by Gasteiger charge is 2.24. The molecule has 1 saturated heterocycles. The lowest BCUT2D eigenvalue weighted by atomic mass is 10.2. The van der Waals surface area contributed by atoms with Crippen LogP contribution in [0, 0.1) is 6.92 Å². The van der Waals surface area contributed by atoms with Crippen molar-refractivity contribution in [3.63, 3.8) is 0 Å². The standard InChI is InChI=1S/C20H23N7O/c1-3-21-20-23-14(2)12-18(25-20)26-8-10-27(11-9-26)19(28)17-13-22-15-6-4-5-7-16(15)24-17/h4-7,12-13H,3,8-11H2,1-2H3,(H,21,23,25). The van der Waals surface area contributed by atoms with Crippen molar-refractivity contribution in [1.82, 2.24) is 24.8 Å². The molecule has 1 amide bonds. The Kier molecular flexibility index (Phi) is 5.01. The monoisotopic (exact) mass is 377 g/mol. The third-order valence-electron chi connectivity index (χ3n) is 4.73. The van der Waals surface area contributed by atoms with Crippen molar-refractivity contribution in [1.29, 1.82) is 0 Å². The Morgan fingerprint density at radius 2 is 1.82 bits per heavy atom. The zero-order chi connectivity index (χ0) is 19.5. The second kappa shape index (κ2) is 7.75. The molecule has 1 fully saturated rings. The molecule has 0 unspecified atom stereocenters. The average Bonchev–Trinajstić information content (AvgIpc) is 2.73. The number of nitrogens with one attached hydrogen (secondary N) is 1. The van der Waals surface area contributed by atoms with Crippen LogP contribution >= 0.6 is 0 Å². The molecule has 4 rings (SSSR count). The van der Waals surface area contributed by atoms with Gasteiger partial charge in [0.2, 0.25) is 5.95 Å². The first-order valence-electron chi connectivity index (χ1n) is 9.49. The normalized spacial score (nSPS) is 14.4. The summed E-state index contributed by atoms with van der Waals surface area (Å²) in [5.74, 6) is 1.45. The van der Waals surface area contributed by atoms with Crippen LogP contribution in [0.25, 0.3) is 11.0 Å². The Balaban J connectivity index is 1.45. The number of nitrogens with zero attached hydrogens (tertiary/aromatic N) is 6. The lowest BCUT2D eigenvalue weighted by Crippen LogP contribution is -2.49. The van der Waals surface area contributed by atoms with Gasteiger partial charge in [0.05, 0.1) is 17.2 Å². The zero-order valence-corrected chi connectivity index (χ0v) is 16.1. The van der Waals surface area contributed by atoms with E-state index in [9.17, 15) is 4.79 Å². The molecule has 1 N–H and O–H groups in total. The second-order valence-corrected chi connectivity index (χ2v) is 6.74. The van der Waals surface area contributed by atoms with E-state index in [4.69, 9.17) is 0 Å². The van der Waals surface area contributed by atoms with Gasteiger partial charge in [0.25, 0.3) is 5.91 Å². The smallest absolute Gasteiger partial charge is 0.274 e. The van der Waals surface area contributed by atoms with Crippen LogP contribution in [0.2, 0.25) is 0 Å². The number of hydrogen-bond donors (Lipinski definition) is 1. The Labute approximate surface area is 163 Å². The van der Waals surface area contributed by atoms with E-state index in [1.165, 1.54) is 0 Å². The van der Waals surface area contributed by atoms with E-state index < -0.39 is 0 Å². The average molecular weight is 377 g/mol. The Bertz CT molecular complexity index is 999. The molecule has 8 heteroatoms. The number of aromatic nitrogens is 4. The predicted molar refractivity (Wildman–Crippen MR) is 109 cm³/mol. The Morgan fingerprint density at radius 1 is 1.07 bits per heavy atom. The topological polar surface area (TPSA) is 87.1 Å². The van der Waals surface area contributed by atoms with E-state index >= 15 is 0 Å². The van der Waals surface area contributed by atoms with E-state index in [0.717, 1.165) is 42.2 Å². The molecule has 1 aliphatic heterocycles. The highest BCUT2D eigenvalue weighted by molar-refractivity contribution is 5.94. The van der Waals surface area contributed by atoms with E-state index in [0.29, 0.717) is 24.7 Å². The van der Waals surface area contributed by atoms with E-state index in [1.54, 1.807) is 6.20 Å². The largest absolute Gasteiger partial charge is 0.354 e. The molecule has 3 aromatic rings. The minimum Gasteiger partial charge on any atom is -0.354 e. The first kappa shape index (κ1) is 18.1. The summed E-state index contributed by atoms with van der Waals surface area (Å²) >= 11 is 0. The van der Waals surface area contributed by atoms with Crippen LogP contribution < -0.4 is 10.2 Å². The van der Waals surface area contributed by atoms with Crippen molar-refractivity contribution in [3.8, 4) is 0 Å². The molecule has 28 heavy (non-hydrogen) atoms. The molecule has 0 radical (unpaired) electrons. The van der Waals surface area contributed by atoms with Gasteiger partial charge < -0.3 is 15.1 Å². The van der Waals surface area contributed by atoms with Gasteiger partial charge in [0.1, 0.15) is 11.5 Å². The summed E-state index contributed by atoms with van der Waals surface area (Å²) in [5.41, 5.74) is 2.84. The number of benzene rings is 1. The third-order valence-corrected chi connectivity index (χ3v) is 4.73. The maximum absolute atomic E-state index is 12.8. The minimum absolute atomic E-state index is 0.0786. The number of rotatable bonds is 4. The van der Waals surface area contributed by atoms with Crippen LogP contribution in [0.3, 0.4) is 0 Å². The summed E-state index contributed by atoms with van der Waals surface area (Å²) < 4.78 is 0. The number of anilines is 2. The van der Waals surface area contributed by atoms with Crippen molar-refractivity contribution in [2.75, 3.05) is 42.9 Å². The molecule has 0 saturated carbocycles. The van der Waals surface area contributed by atoms with Gasteiger partial charge in [-0.2, -0.15) is 4.98 Å². The summed E-state index contributed by atoms with van der Waals surface area (Å²) in [6.07, 6.45) is 1.56. The van der Waals surface area contributed by atoms with Crippen LogP contribution in [0.15, 0.2) is 36.5 Å². The van der Waals surface area contributed by atoms with Crippen molar-refractivity contribution in [2.45, 2.75) is 13.8 Å². The lowest BCUT2D eigenvalue weighted by Gasteiger charge is -2.35. The van der Waals surface area contributed by atoms with Crippen LogP contribution in [0.1, 0.15) is 23.1 Å². The molecule has 1 aromatic carbocycles. The maximum atomic E-state index is 12.8. The molecule has 0 atom stereocenters. The number of hydrogen-bond acceptors (Lipinski definition) is 7. The van der Waals surface area contributed by atoms with Gasteiger partial charge in [0.15, 0.2) is 0 Å². The maximum Gasteiger partial charge on any atom is 0.274 e. The molecular formula is C20H23N7O. The summed E-state index contributed by atoms with van der Waals surface area (Å²) in [6.45, 7) is 7.43. The Hall–Kier alpha value is -3.29. The molecule has 1 aliphatic rings. The summed E-state index contributed by atoms with van der Waals surface area (Å²) in [4.78, 5) is 34.7. The fourth-order valence-corrected chi connectivity index (χ4v) is 3.31. The molecule has 0 aliphatic carbocycles. The molecule has 3 heterocycles. The molecule has 0 spiro atoms. The number of carbonyl (C=O) groups is 1. The van der Waals surface area contributed by atoms with Gasteiger partial charge in [-0.3, -0.25) is 9.78 Å². The van der Waals surface area contributed by atoms with Gasteiger partial charge in [-0.25, -0.2) is 9.97 Å². The summed E-state index contributed by atoms with van der Waals surface area (Å²) in [7, 11) is 0. The third kappa shape index (κ3) is 3.71. The summed E-state index contributed by atoms with van der Waals surface area (Å²) in [6, 6.07) is 9.55. The SMILES string of the molecule is CCNc1nc(C)cc(N2CCN(C(=O)c3cnc4ccccc4n3)CC2)n1. The highest BCUT2D eigenvalue weighted by Crippen LogP contribution is 2.18. The number of amides is 1. The first-order chi connectivity index (χ1) is 13.6. The fraction of sp³-hybridized carbons (Fsp3) is 0.350. The second-order valence-electron chi connectivity index (χ2n) is 6.74.